The summed E-state index contributed by atoms with van der Waals surface area (Å²) < 4.78 is 19.0. The number of benzene rings is 1. The summed E-state index contributed by atoms with van der Waals surface area (Å²) >= 11 is 0. The van der Waals surface area contributed by atoms with Gasteiger partial charge in [0.2, 0.25) is 0 Å². The largest absolute Gasteiger partial charge is 0.489 e. The Hall–Kier alpha value is -2.25. The second kappa shape index (κ2) is 6.96. The molecule has 0 unspecified atom stereocenters. The highest BCUT2D eigenvalue weighted by molar-refractivity contribution is 5.82. The summed E-state index contributed by atoms with van der Waals surface area (Å²) in [5.41, 5.74) is 5.40. The van der Waals surface area contributed by atoms with Crippen molar-refractivity contribution in [3.63, 3.8) is 0 Å². The molecule has 6 nitrogen and oxygen atoms in total. The maximum atomic E-state index is 12.4. The first-order valence-corrected chi connectivity index (χ1v) is 6.41. The summed E-state index contributed by atoms with van der Waals surface area (Å²) in [5.74, 6) is 0.497. The predicted octanol–water partition coefficient (Wildman–Crippen LogP) is 0.580. The van der Waals surface area contributed by atoms with Gasteiger partial charge in [0.25, 0.3) is 5.56 Å². The van der Waals surface area contributed by atoms with Crippen molar-refractivity contribution < 1.29 is 14.2 Å². The van der Waals surface area contributed by atoms with Crippen LogP contribution in [0, 0.1) is 0 Å². The van der Waals surface area contributed by atoms with Gasteiger partial charge in [0.15, 0.2) is 0 Å². The Morgan fingerprint density at radius 2 is 2.33 bits per heavy atom. The van der Waals surface area contributed by atoms with Gasteiger partial charge in [0, 0.05) is 17.5 Å². The van der Waals surface area contributed by atoms with Crippen LogP contribution >= 0.6 is 0 Å². The standard InChI is InChI=1S/C14H16FN3O3/c15-6-10(7-16)9-21-12-1-2-13-11(5-12)8-17-18(3-4-19)14(13)20/h1-2,5-6,8,19H,3-4,7,9,16H2/b10-6+. The normalized spacial score (nSPS) is 11.9. The summed E-state index contributed by atoms with van der Waals surface area (Å²) in [6.45, 7) is 0.121. The number of nitrogens with two attached hydrogens (primary N) is 1. The number of fused-ring (bicyclic) bond motifs is 1. The van der Waals surface area contributed by atoms with Crippen LogP contribution in [-0.2, 0) is 6.54 Å². The van der Waals surface area contributed by atoms with Crippen LogP contribution in [0.4, 0.5) is 4.39 Å². The number of aliphatic hydroxyl groups excluding tert-OH is 1. The highest BCUT2D eigenvalue weighted by atomic mass is 19.1. The van der Waals surface area contributed by atoms with Crippen molar-refractivity contribution in [2.75, 3.05) is 19.8 Å². The molecule has 3 N–H and O–H groups in total. The molecular formula is C14H16FN3O3. The molecule has 0 aliphatic rings. The van der Waals surface area contributed by atoms with Crippen molar-refractivity contribution in [3.05, 3.63) is 46.7 Å². The molecular weight excluding hydrogens is 277 g/mol. The fourth-order valence-electron chi connectivity index (χ4n) is 1.82. The third kappa shape index (κ3) is 3.45. The average Bonchev–Trinajstić information content (AvgIpc) is 2.51. The number of aromatic nitrogens is 2. The molecule has 7 heteroatoms. The number of halogens is 1. The zero-order chi connectivity index (χ0) is 15.2. The van der Waals surface area contributed by atoms with Crippen LogP contribution in [0.2, 0.25) is 0 Å². The van der Waals surface area contributed by atoms with Crippen LogP contribution in [-0.4, -0.2) is 34.6 Å². The summed E-state index contributed by atoms with van der Waals surface area (Å²) in [4.78, 5) is 12.1. The zero-order valence-electron chi connectivity index (χ0n) is 11.3. The minimum absolute atomic E-state index is 0.0491. The highest BCUT2D eigenvalue weighted by Crippen LogP contribution is 2.18. The monoisotopic (exact) mass is 293 g/mol. The van der Waals surface area contributed by atoms with Gasteiger partial charge in [0.1, 0.15) is 12.4 Å². The molecule has 1 aromatic heterocycles. The van der Waals surface area contributed by atoms with Gasteiger partial charge in [-0.25, -0.2) is 9.07 Å². The quantitative estimate of drug-likeness (QED) is 0.813. The van der Waals surface area contributed by atoms with Gasteiger partial charge in [-0.15, -0.1) is 0 Å². The molecule has 0 saturated carbocycles. The minimum Gasteiger partial charge on any atom is -0.489 e. The van der Waals surface area contributed by atoms with E-state index in [1.807, 2.05) is 0 Å². The molecule has 0 radical (unpaired) electrons. The van der Waals surface area contributed by atoms with Crippen LogP contribution in [0.25, 0.3) is 10.8 Å². The van der Waals surface area contributed by atoms with Gasteiger partial charge < -0.3 is 15.6 Å². The highest BCUT2D eigenvalue weighted by Gasteiger charge is 2.06. The van der Waals surface area contributed by atoms with Crippen molar-refractivity contribution in [2.24, 2.45) is 5.73 Å². The first kappa shape index (κ1) is 15.1. The lowest BCUT2D eigenvalue weighted by atomic mass is 10.2. The lowest BCUT2D eigenvalue weighted by Crippen LogP contribution is -2.24. The predicted molar refractivity (Wildman–Crippen MR) is 76.8 cm³/mol. The van der Waals surface area contributed by atoms with Gasteiger partial charge >= 0.3 is 0 Å². The number of rotatable bonds is 6. The summed E-state index contributed by atoms with van der Waals surface area (Å²) in [6.07, 6.45) is 1.95. The maximum Gasteiger partial charge on any atom is 0.274 e. The first-order valence-electron chi connectivity index (χ1n) is 6.41. The number of aliphatic hydroxyl groups is 1. The average molecular weight is 293 g/mol. The van der Waals surface area contributed by atoms with Crippen molar-refractivity contribution in [1.29, 1.82) is 0 Å². The summed E-state index contributed by atoms with van der Waals surface area (Å²) in [6, 6.07) is 4.89. The lowest BCUT2D eigenvalue weighted by Gasteiger charge is -2.09. The molecule has 0 atom stereocenters. The van der Waals surface area contributed by atoms with Crippen molar-refractivity contribution in [1.82, 2.24) is 9.78 Å². The van der Waals surface area contributed by atoms with Crippen LogP contribution in [0.5, 0.6) is 5.75 Å². The van der Waals surface area contributed by atoms with Gasteiger partial charge in [-0.2, -0.15) is 5.10 Å². The third-order valence-corrected chi connectivity index (χ3v) is 2.98. The van der Waals surface area contributed by atoms with Crippen LogP contribution < -0.4 is 16.0 Å². The van der Waals surface area contributed by atoms with E-state index in [9.17, 15) is 9.18 Å². The first-order chi connectivity index (χ1) is 10.2. The Bertz CT molecular complexity index is 712. The van der Waals surface area contributed by atoms with Crippen LogP contribution in [0.1, 0.15) is 0 Å². The molecule has 1 heterocycles. The smallest absolute Gasteiger partial charge is 0.274 e. The van der Waals surface area contributed by atoms with E-state index in [-0.39, 0.29) is 31.9 Å². The van der Waals surface area contributed by atoms with Crippen LogP contribution in [0.3, 0.4) is 0 Å². The SMILES string of the molecule is NC/C(=C\F)COc1ccc2c(=O)n(CCO)ncc2c1. The second-order valence-corrected chi connectivity index (χ2v) is 4.41. The lowest BCUT2D eigenvalue weighted by molar-refractivity contribution is 0.266. The van der Waals surface area contributed by atoms with E-state index >= 15 is 0 Å². The molecule has 2 aromatic rings. The van der Waals surface area contributed by atoms with E-state index in [1.54, 1.807) is 18.2 Å². The zero-order valence-corrected chi connectivity index (χ0v) is 11.3. The second-order valence-electron chi connectivity index (χ2n) is 4.41. The van der Waals surface area contributed by atoms with E-state index in [2.05, 4.69) is 5.10 Å². The van der Waals surface area contributed by atoms with Gasteiger partial charge in [-0.1, -0.05) is 0 Å². The van der Waals surface area contributed by atoms with Gasteiger partial charge in [-0.3, -0.25) is 4.79 Å². The fraction of sp³-hybridized carbons (Fsp3) is 0.286. The van der Waals surface area contributed by atoms with Gasteiger partial charge in [-0.05, 0) is 18.2 Å². The van der Waals surface area contributed by atoms with Crippen molar-refractivity contribution in [3.8, 4) is 5.75 Å². The molecule has 0 spiro atoms. The topological polar surface area (TPSA) is 90.4 Å². The summed E-state index contributed by atoms with van der Waals surface area (Å²) in [7, 11) is 0. The van der Waals surface area contributed by atoms with Crippen molar-refractivity contribution >= 4 is 10.8 Å². The van der Waals surface area contributed by atoms with E-state index in [0.717, 1.165) is 0 Å². The molecule has 2 rings (SSSR count). The molecule has 0 aliphatic carbocycles. The summed E-state index contributed by atoms with van der Waals surface area (Å²) in [5, 5.41) is 13.9. The van der Waals surface area contributed by atoms with E-state index in [0.29, 0.717) is 28.4 Å². The Labute approximate surface area is 120 Å². The Morgan fingerprint density at radius 3 is 3.00 bits per heavy atom. The fourth-order valence-corrected chi connectivity index (χ4v) is 1.82. The van der Waals surface area contributed by atoms with E-state index < -0.39 is 0 Å². The molecule has 1 aromatic carbocycles. The number of ether oxygens (including phenoxy) is 1. The Balaban J connectivity index is 2.27. The van der Waals surface area contributed by atoms with E-state index in [4.69, 9.17) is 15.6 Å². The minimum atomic E-state index is -0.278. The molecule has 0 amide bonds. The van der Waals surface area contributed by atoms with E-state index in [1.165, 1.54) is 10.9 Å². The molecule has 21 heavy (non-hydrogen) atoms. The van der Waals surface area contributed by atoms with Crippen LogP contribution in [0.15, 0.2) is 41.1 Å². The molecule has 0 aliphatic heterocycles. The molecule has 0 bridgehead atoms. The Morgan fingerprint density at radius 1 is 1.52 bits per heavy atom. The molecule has 0 fully saturated rings. The third-order valence-electron chi connectivity index (χ3n) is 2.98. The Kier molecular flexibility index (Phi) is 5.02. The number of nitrogens with zero attached hydrogens (tertiary/aromatic N) is 2. The molecule has 0 saturated heterocycles. The van der Waals surface area contributed by atoms with Crippen molar-refractivity contribution in [2.45, 2.75) is 6.54 Å². The number of hydrogen-bond acceptors (Lipinski definition) is 5. The maximum absolute atomic E-state index is 12.4. The number of hydrogen-bond donors (Lipinski definition) is 2. The molecule has 112 valence electrons. The van der Waals surface area contributed by atoms with Gasteiger partial charge in [0.05, 0.1) is 31.1 Å².